The number of nitrogens with zero attached hydrogens (tertiary/aromatic N) is 1. The summed E-state index contributed by atoms with van der Waals surface area (Å²) in [6.45, 7) is 6.67. The van der Waals surface area contributed by atoms with E-state index in [2.05, 4.69) is 36.7 Å². The van der Waals surface area contributed by atoms with Crippen LogP contribution in [0.4, 0.5) is 0 Å². The summed E-state index contributed by atoms with van der Waals surface area (Å²) in [5.74, 6) is -0.237. The number of carboxylic acids is 1. The highest BCUT2D eigenvalue weighted by atomic mass is 79.9. The largest absolute Gasteiger partial charge is 0.503 e. The molecule has 1 heterocycles. The van der Waals surface area contributed by atoms with Crippen molar-refractivity contribution in [1.29, 1.82) is 0 Å². The lowest BCUT2D eigenvalue weighted by Crippen LogP contribution is -2.30. The van der Waals surface area contributed by atoms with Crippen LogP contribution in [0.3, 0.4) is 0 Å². The number of phenols is 1. The first-order chi connectivity index (χ1) is 15.7. The summed E-state index contributed by atoms with van der Waals surface area (Å²) in [6, 6.07) is 11.0. The third-order valence-electron chi connectivity index (χ3n) is 7.06. The predicted molar refractivity (Wildman–Crippen MR) is 135 cm³/mol. The highest BCUT2D eigenvalue weighted by Crippen LogP contribution is 2.46. The van der Waals surface area contributed by atoms with Crippen LogP contribution in [-0.4, -0.2) is 28.3 Å². The number of aromatic carboxylic acids is 1. The number of ether oxygens (including phenoxy) is 1. The Morgan fingerprint density at radius 1 is 1.27 bits per heavy atom. The normalized spacial score (nSPS) is 17.2. The van der Waals surface area contributed by atoms with Gasteiger partial charge in [-0.05, 0) is 81.1 Å². The molecule has 0 bridgehead atoms. The number of fused-ring (bicyclic) bond motifs is 2. The summed E-state index contributed by atoms with van der Waals surface area (Å²) in [5.41, 5.74) is 4.45. The number of aromatic hydroxyl groups is 1. The number of para-hydroxylation sites is 1. The minimum absolute atomic E-state index is 0.0332. The van der Waals surface area contributed by atoms with Gasteiger partial charge < -0.3 is 14.9 Å². The molecule has 1 aliphatic carbocycles. The molecular weight excluding hydrogens is 482 g/mol. The van der Waals surface area contributed by atoms with Crippen molar-refractivity contribution >= 4 is 44.5 Å². The number of benzene rings is 2. The van der Waals surface area contributed by atoms with Crippen molar-refractivity contribution < 1.29 is 19.7 Å². The number of phenolic OH excluding ortho intramolecular Hbond substituents is 1. The number of pyridine rings is 1. The summed E-state index contributed by atoms with van der Waals surface area (Å²) >= 11 is 3.40. The monoisotopic (exact) mass is 509 g/mol. The number of hydrogen-bond donors (Lipinski definition) is 2. The Labute approximate surface area is 202 Å². The molecule has 172 valence electrons. The van der Waals surface area contributed by atoms with E-state index < -0.39 is 5.97 Å². The zero-order valence-electron chi connectivity index (χ0n) is 19.3. The fourth-order valence-electron chi connectivity index (χ4n) is 4.64. The van der Waals surface area contributed by atoms with E-state index in [-0.39, 0.29) is 17.1 Å². The van der Waals surface area contributed by atoms with Crippen LogP contribution in [-0.2, 0) is 6.42 Å². The van der Waals surface area contributed by atoms with Crippen LogP contribution in [0.15, 0.2) is 40.9 Å². The summed E-state index contributed by atoms with van der Waals surface area (Å²) in [4.78, 5) is 17.4. The molecule has 5 nitrogen and oxygen atoms in total. The highest BCUT2D eigenvalue weighted by Gasteiger charge is 2.36. The molecule has 1 aromatic heterocycles. The van der Waals surface area contributed by atoms with Crippen molar-refractivity contribution in [3.63, 3.8) is 0 Å². The molecule has 4 rings (SSSR count). The molecule has 1 atom stereocenters. The third-order valence-corrected chi connectivity index (χ3v) is 7.66. The second-order valence-corrected chi connectivity index (χ2v) is 10.2. The van der Waals surface area contributed by atoms with Crippen LogP contribution in [0.5, 0.6) is 11.5 Å². The molecule has 0 spiro atoms. The van der Waals surface area contributed by atoms with Crippen LogP contribution in [0, 0.1) is 11.3 Å². The zero-order chi connectivity index (χ0) is 23.9. The standard InChI is InChI=1S/C27H28BrNO4/c1-5-27(2,3)17-13-16(10-15-11-20(28)25(30)22(12-15)33-4)24-19(14-17)23(26(31)32)18-8-6-7-9-21(18)29-24/h6-12,17,30H,5,13-14H2,1-4H3,(H,31,32)/b16-10-/t17-/m1/s1. The van der Waals surface area contributed by atoms with Crippen molar-refractivity contribution in [2.24, 2.45) is 11.3 Å². The molecule has 0 aliphatic heterocycles. The van der Waals surface area contributed by atoms with E-state index in [1.807, 2.05) is 36.4 Å². The fraction of sp³-hybridized carbons (Fsp3) is 0.333. The van der Waals surface area contributed by atoms with Gasteiger partial charge in [0.05, 0.1) is 28.4 Å². The molecule has 1 aliphatic rings. The van der Waals surface area contributed by atoms with Gasteiger partial charge in [0, 0.05) is 5.39 Å². The average molecular weight is 510 g/mol. The van der Waals surface area contributed by atoms with E-state index in [4.69, 9.17) is 9.72 Å². The van der Waals surface area contributed by atoms with Crippen LogP contribution in [0.2, 0.25) is 0 Å². The van der Waals surface area contributed by atoms with Crippen LogP contribution in [0.25, 0.3) is 22.6 Å². The van der Waals surface area contributed by atoms with Crippen molar-refractivity contribution in [3.8, 4) is 11.5 Å². The number of allylic oxidation sites excluding steroid dienone is 1. The van der Waals surface area contributed by atoms with Gasteiger partial charge in [-0.3, -0.25) is 0 Å². The molecule has 0 radical (unpaired) electrons. The third kappa shape index (κ3) is 4.24. The fourth-order valence-corrected chi connectivity index (χ4v) is 5.10. The molecule has 0 amide bonds. The Hall–Kier alpha value is -2.86. The Balaban J connectivity index is 2.00. The van der Waals surface area contributed by atoms with Gasteiger partial charge in [-0.15, -0.1) is 0 Å². The van der Waals surface area contributed by atoms with Gasteiger partial charge in [-0.1, -0.05) is 45.4 Å². The Morgan fingerprint density at radius 2 is 2.00 bits per heavy atom. The maximum Gasteiger partial charge on any atom is 0.336 e. The number of hydrogen-bond acceptors (Lipinski definition) is 4. The van der Waals surface area contributed by atoms with Gasteiger partial charge in [0.25, 0.3) is 0 Å². The van der Waals surface area contributed by atoms with Crippen molar-refractivity contribution in [2.45, 2.75) is 40.0 Å². The zero-order valence-corrected chi connectivity index (χ0v) is 20.9. The second-order valence-electron chi connectivity index (χ2n) is 9.31. The van der Waals surface area contributed by atoms with E-state index >= 15 is 0 Å². The van der Waals surface area contributed by atoms with Gasteiger partial charge in [0.1, 0.15) is 0 Å². The lowest BCUT2D eigenvalue weighted by Gasteiger charge is -2.38. The van der Waals surface area contributed by atoms with Gasteiger partial charge in [0.15, 0.2) is 11.5 Å². The Morgan fingerprint density at radius 3 is 2.67 bits per heavy atom. The molecule has 6 heteroatoms. The summed E-state index contributed by atoms with van der Waals surface area (Å²) in [5, 5.41) is 21.1. The van der Waals surface area contributed by atoms with Crippen LogP contribution >= 0.6 is 15.9 Å². The lowest BCUT2D eigenvalue weighted by molar-refractivity contribution is 0.0696. The van der Waals surface area contributed by atoms with E-state index in [1.165, 1.54) is 7.11 Å². The summed E-state index contributed by atoms with van der Waals surface area (Å²) < 4.78 is 5.86. The van der Waals surface area contributed by atoms with Crippen LogP contribution < -0.4 is 4.74 Å². The highest BCUT2D eigenvalue weighted by molar-refractivity contribution is 9.10. The van der Waals surface area contributed by atoms with E-state index in [1.54, 1.807) is 6.07 Å². The second kappa shape index (κ2) is 8.82. The van der Waals surface area contributed by atoms with Gasteiger partial charge in [-0.25, -0.2) is 9.78 Å². The maximum absolute atomic E-state index is 12.4. The number of carboxylic acid groups (broad SMARTS) is 1. The first-order valence-corrected chi connectivity index (χ1v) is 11.9. The molecule has 0 saturated carbocycles. The number of aromatic nitrogens is 1. The first kappa shape index (κ1) is 23.3. The predicted octanol–water partition coefficient (Wildman–Crippen LogP) is 6.95. The Bertz CT molecular complexity index is 1280. The van der Waals surface area contributed by atoms with E-state index in [0.717, 1.165) is 35.2 Å². The van der Waals surface area contributed by atoms with Crippen molar-refractivity contribution in [1.82, 2.24) is 4.98 Å². The number of rotatable bonds is 5. The topological polar surface area (TPSA) is 79.7 Å². The van der Waals surface area contributed by atoms with Crippen molar-refractivity contribution in [3.05, 3.63) is 63.3 Å². The average Bonchev–Trinajstić information content (AvgIpc) is 2.79. The number of methoxy groups -OCH3 is 1. The van der Waals surface area contributed by atoms with Crippen LogP contribution in [0.1, 0.15) is 60.8 Å². The molecule has 0 fully saturated rings. The smallest absolute Gasteiger partial charge is 0.336 e. The van der Waals surface area contributed by atoms with E-state index in [0.29, 0.717) is 33.1 Å². The minimum Gasteiger partial charge on any atom is -0.503 e. The summed E-state index contributed by atoms with van der Waals surface area (Å²) in [6.07, 6.45) is 4.49. The minimum atomic E-state index is -0.923. The number of carbonyl (C=O) groups is 1. The Kier molecular flexibility index (Phi) is 6.23. The molecule has 2 aromatic carbocycles. The molecule has 0 unspecified atom stereocenters. The molecule has 2 N–H and O–H groups in total. The molecule has 33 heavy (non-hydrogen) atoms. The van der Waals surface area contributed by atoms with Gasteiger partial charge in [-0.2, -0.15) is 0 Å². The molecular formula is C27H28BrNO4. The maximum atomic E-state index is 12.4. The van der Waals surface area contributed by atoms with E-state index in [9.17, 15) is 15.0 Å². The van der Waals surface area contributed by atoms with Crippen molar-refractivity contribution in [2.75, 3.05) is 7.11 Å². The van der Waals surface area contributed by atoms with Gasteiger partial charge >= 0.3 is 5.97 Å². The molecule has 3 aromatic rings. The quantitative estimate of drug-likeness (QED) is 0.388. The number of halogens is 1. The van der Waals surface area contributed by atoms with Gasteiger partial charge in [0.2, 0.25) is 0 Å². The lowest BCUT2D eigenvalue weighted by atomic mass is 9.67. The first-order valence-electron chi connectivity index (χ1n) is 11.1. The molecule has 0 saturated heterocycles. The SMILES string of the molecule is CCC(C)(C)[C@@H]1C/C(=C/c2cc(Br)c(O)c(OC)c2)c2nc3ccccc3c(C(=O)O)c2C1. The summed E-state index contributed by atoms with van der Waals surface area (Å²) in [7, 11) is 1.51.